The van der Waals surface area contributed by atoms with Crippen molar-refractivity contribution in [1.29, 1.82) is 0 Å². The van der Waals surface area contributed by atoms with Gasteiger partial charge in [0.15, 0.2) is 0 Å². The van der Waals surface area contributed by atoms with E-state index in [1.807, 2.05) is 0 Å². The molecule has 0 spiro atoms. The number of nitrogens with zero attached hydrogens (tertiary/aromatic N) is 1. The highest BCUT2D eigenvalue weighted by Gasteiger charge is 2.30. The van der Waals surface area contributed by atoms with Crippen molar-refractivity contribution in [1.82, 2.24) is 10.3 Å². The maximum Gasteiger partial charge on any atom is 0.416 e. The standard InChI is InChI=1S/C16H19F3N2OS/c1-10(2)15-21-8-13(23-15)7-20-9-14(22)11-4-3-5-12(6-11)16(17,18)19/h3-6,8,10,14,20,22H,7,9H2,1-2H3. The summed E-state index contributed by atoms with van der Waals surface area (Å²) in [5.41, 5.74) is -0.502. The average Bonchev–Trinajstić information content (AvgIpc) is 2.95. The van der Waals surface area contributed by atoms with Gasteiger partial charge < -0.3 is 10.4 Å². The minimum absolute atomic E-state index is 0.177. The Balaban J connectivity index is 1.90. The van der Waals surface area contributed by atoms with E-state index in [0.717, 1.165) is 22.0 Å². The molecule has 1 aromatic carbocycles. The van der Waals surface area contributed by atoms with E-state index in [-0.39, 0.29) is 12.1 Å². The Labute approximate surface area is 137 Å². The van der Waals surface area contributed by atoms with Crippen molar-refractivity contribution in [3.8, 4) is 0 Å². The van der Waals surface area contributed by atoms with Gasteiger partial charge in [-0.15, -0.1) is 11.3 Å². The lowest BCUT2D eigenvalue weighted by molar-refractivity contribution is -0.137. The Morgan fingerprint density at radius 2 is 2.04 bits per heavy atom. The third-order valence-corrected chi connectivity index (χ3v) is 4.60. The number of thiazole rings is 1. The number of aromatic nitrogens is 1. The number of aliphatic hydroxyl groups is 1. The van der Waals surface area contributed by atoms with Gasteiger partial charge in [0.25, 0.3) is 0 Å². The zero-order valence-electron chi connectivity index (χ0n) is 12.9. The highest BCUT2D eigenvalue weighted by atomic mass is 32.1. The smallest absolute Gasteiger partial charge is 0.387 e. The van der Waals surface area contributed by atoms with E-state index >= 15 is 0 Å². The Morgan fingerprint density at radius 3 is 2.65 bits per heavy atom. The highest BCUT2D eigenvalue weighted by molar-refractivity contribution is 7.11. The van der Waals surface area contributed by atoms with Crippen molar-refractivity contribution >= 4 is 11.3 Å². The molecule has 2 aromatic rings. The SMILES string of the molecule is CC(C)c1ncc(CNCC(O)c2cccc(C(F)(F)F)c2)s1. The fraction of sp³-hybridized carbons (Fsp3) is 0.438. The summed E-state index contributed by atoms with van der Waals surface area (Å²) in [5.74, 6) is 0.365. The fourth-order valence-corrected chi connectivity index (χ4v) is 2.93. The van der Waals surface area contributed by atoms with E-state index in [1.54, 1.807) is 17.5 Å². The summed E-state index contributed by atoms with van der Waals surface area (Å²) in [6.07, 6.45) is -3.61. The van der Waals surface area contributed by atoms with Crippen LogP contribution in [0.5, 0.6) is 0 Å². The third-order valence-electron chi connectivity index (χ3n) is 3.30. The zero-order valence-corrected chi connectivity index (χ0v) is 13.7. The van der Waals surface area contributed by atoms with Crippen LogP contribution < -0.4 is 5.32 Å². The van der Waals surface area contributed by atoms with Crippen molar-refractivity contribution in [2.75, 3.05) is 6.54 Å². The van der Waals surface area contributed by atoms with Crippen molar-refractivity contribution in [2.24, 2.45) is 0 Å². The normalized spacial score (nSPS) is 13.5. The Morgan fingerprint density at radius 1 is 1.30 bits per heavy atom. The molecular formula is C16H19F3N2OS. The molecule has 1 aromatic heterocycles. The number of hydrogen-bond donors (Lipinski definition) is 2. The summed E-state index contributed by atoms with van der Waals surface area (Å²) >= 11 is 1.59. The molecule has 0 aliphatic rings. The minimum Gasteiger partial charge on any atom is -0.387 e. The number of nitrogens with one attached hydrogen (secondary N) is 1. The lowest BCUT2D eigenvalue weighted by Crippen LogP contribution is -2.21. The van der Waals surface area contributed by atoms with Gasteiger partial charge in [-0.25, -0.2) is 4.98 Å². The summed E-state index contributed by atoms with van der Waals surface area (Å²) in [4.78, 5) is 5.33. The van der Waals surface area contributed by atoms with Crippen molar-refractivity contribution in [2.45, 2.75) is 38.6 Å². The van der Waals surface area contributed by atoms with Gasteiger partial charge >= 0.3 is 6.18 Å². The molecule has 2 N–H and O–H groups in total. The molecular weight excluding hydrogens is 325 g/mol. The van der Waals surface area contributed by atoms with E-state index in [0.29, 0.717) is 12.5 Å². The molecule has 0 saturated carbocycles. The predicted molar refractivity (Wildman–Crippen MR) is 84.3 cm³/mol. The molecule has 0 bridgehead atoms. The first-order valence-electron chi connectivity index (χ1n) is 7.28. The number of hydrogen-bond acceptors (Lipinski definition) is 4. The average molecular weight is 344 g/mol. The number of aliphatic hydroxyl groups excluding tert-OH is 1. The molecule has 7 heteroatoms. The van der Waals surface area contributed by atoms with Gasteiger partial charge in [-0.05, 0) is 17.7 Å². The second-order valence-electron chi connectivity index (χ2n) is 5.59. The molecule has 23 heavy (non-hydrogen) atoms. The summed E-state index contributed by atoms with van der Waals surface area (Å²) in [6, 6.07) is 4.77. The van der Waals surface area contributed by atoms with Crippen LogP contribution >= 0.6 is 11.3 Å². The van der Waals surface area contributed by atoms with Gasteiger partial charge in [0.05, 0.1) is 16.7 Å². The zero-order chi connectivity index (χ0) is 17.0. The van der Waals surface area contributed by atoms with Gasteiger partial charge in [-0.2, -0.15) is 13.2 Å². The number of benzene rings is 1. The molecule has 0 radical (unpaired) electrons. The molecule has 2 rings (SSSR count). The molecule has 0 aliphatic carbocycles. The Kier molecular flexibility index (Phi) is 5.78. The van der Waals surface area contributed by atoms with Gasteiger partial charge in [0, 0.05) is 30.1 Å². The highest BCUT2D eigenvalue weighted by Crippen LogP contribution is 2.30. The van der Waals surface area contributed by atoms with Crippen molar-refractivity contribution < 1.29 is 18.3 Å². The number of halogens is 3. The van der Waals surface area contributed by atoms with Crippen LogP contribution in [0.4, 0.5) is 13.2 Å². The monoisotopic (exact) mass is 344 g/mol. The molecule has 0 amide bonds. The van der Waals surface area contributed by atoms with Crippen LogP contribution in [0.2, 0.25) is 0 Å². The van der Waals surface area contributed by atoms with Gasteiger partial charge in [0.2, 0.25) is 0 Å². The molecule has 1 heterocycles. The quantitative estimate of drug-likeness (QED) is 0.829. The van der Waals surface area contributed by atoms with Gasteiger partial charge in [-0.1, -0.05) is 26.0 Å². The second-order valence-corrected chi connectivity index (χ2v) is 6.74. The molecule has 1 atom stereocenters. The van der Waals surface area contributed by atoms with E-state index in [9.17, 15) is 18.3 Å². The molecule has 0 fully saturated rings. The molecule has 0 aliphatic heterocycles. The Hall–Kier alpha value is -1.44. The second kappa shape index (κ2) is 7.42. The van der Waals surface area contributed by atoms with Crippen molar-refractivity contribution in [3.63, 3.8) is 0 Å². The molecule has 3 nitrogen and oxygen atoms in total. The van der Waals surface area contributed by atoms with E-state index in [2.05, 4.69) is 24.1 Å². The first-order chi connectivity index (χ1) is 10.8. The lowest BCUT2D eigenvalue weighted by atomic mass is 10.1. The first kappa shape index (κ1) is 17.9. The molecule has 126 valence electrons. The summed E-state index contributed by atoms with van der Waals surface area (Å²) < 4.78 is 38.0. The van der Waals surface area contributed by atoms with Crippen LogP contribution in [0.25, 0.3) is 0 Å². The van der Waals surface area contributed by atoms with Crippen LogP contribution in [0.1, 0.15) is 46.9 Å². The first-order valence-corrected chi connectivity index (χ1v) is 8.09. The third kappa shape index (κ3) is 5.02. The number of rotatable bonds is 6. The van der Waals surface area contributed by atoms with Crippen LogP contribution in [-0.2, 0) is 12.7 Å². The predicted octanol–water partition coefficient (Wildman–Crippen LogP) is 4.11. The summed E-state index contributed by atoms with van der Waals surface area (Å²) in [7, 11) is 0. The van der Waals surface area contributed by atoms with Gasteiger partial charge in [-0.3, -0.25) is 0 Å². The molecule has 1 unspecified atom stereocenters. The topological polar surface area (TPSA) is 45.2 Å². The number of alkyl halides is 3. The minimum atomic E-state index is -4.40. The van der Waals surface area contributed by atoms with Crippen LogP contribution in [0.3, 0.4) is 0 Å². The van der Waals surface area contributed by atoms with E-state index in [1.165, 1.54) is 12.1 Å². The van der Waals surface area contributed by atoms with Crippen molar-refractivity contribution in [3.05, 3.63) is 51.5 Å². The summed E-state index contributed by atoms with van der Waals surface area (Å²) in [6.45, 7) is 4.83. The fourth-order valence-electron chi connectivity index (χ4n) is 2.04. The maximum atomic E-state index is 12.7. The van der Waals surface area contributed by atoms with Crippen LogP contribution in [-0.4, -0.2) is 16.6 Å². The lowest BCUT2D eigenvalue weighted by Gasteiger charge is -2.14. The van der Waals surface area contributed by atoms with Crippen LogP contribution in [0, 0.1) is 0 Å². The van der Waals surface area contributed by atoms with E-state index < -0.39 is 17.8 Å². The van der Waals surface area contributed by atoms with E-state index in [4.69, 9.17) is 0 Å². The maximum absolute atomic E-state index is 12.7. The largest absolute Gasteiger partial charge is 0.416 e. The Bertz CT molecular complexity index is 640. The van der Waals surface area contributed by atoms with Gasteiger partial charge in [0.1, 0.15) is 0 Å². The summed E-state index contributed by atoms with van der Waals surface area (Å²) in [5, 5.41) is 14.1. The molecule has 0 saturated heterocycles. The van der Waals surface area contributed by atoms with Crippen LogP contribution in [0.15, 0.2) is 30.5 Å².